The van der Waals surface area contributed by atoms with Crippen LogP contribution < -0.4 is 11.1 Å². The summed E-state index contributed by atoms with van der Waals surface area (Å²) in [5.41, 5.74) is 5.42. The van der Waals surface area contributed by atoms with E-state index in [1.165, 1.54) is 0 Å². The lowest BCUT2D eigenvalue weighted by molar-refractivity contribution is -0.124. The summed E-state index contributed by atoms with van der Waals surface area (Å²) >= 11 is 0. The lowest BCUT2D eigenvalue weighted by Gasteiger charge is -2.18. The van der Waals surface area contributed by atoms with E-state index in [0.29, 0.717) is 12.3 Å². The van der Waals surface area contributed by atoms with E-state index in [2.05, 4.69) is 5.32 Å². The van der Waals surface area contributed by atoms with Gasteiger partial charge < -0.3 is 11.1 Å². The van der Waals surface area contributed by atoms with Gasteiger partial charge in [-0.25, -0.2) is 0 Å². The molecule has 14 heavy (non-hydrogen) atoms. The molecular weight excluding hydrogens is 176 g/mol. The van der Waals surface area contributed by atoms with Crippen molar-refractivity contribution in [3.63, 3.8) is 0 Å². The van der Waals surface area contributed by atoms with Crippen molar-refractivity contribution >= 4 is 5.78 Å². The third-order valence-corrected chi connectivity index (χ3v) is 2.31. The second-order valence-electron chi connectivity index (χ2n) is 3.95. The van der Waals surface area contributed by atoms with Crippen LogP contribution in [-0.4, -0.2) is 24.9 Å². The molecule has 0 saturated heterocycles. The van der Waals surface area contributed by atoms with Gasteiger partial charge in [-0.3, -0.25) is 4.79 Å². The van der Waals surface area contributed by atoms with Crippen LogP contribution in [0.5, 0.6) is 0 Å². The highest BCUT2D eigenvalue weighted by molar-refractivity contribution is 5.85. The molecular formula is C11H24N2O. The first-order valence-electron chi connectivity index (χ1n) is 5.60. The summed E-state index contributed by atoms with van der Waals surface area (Å²) in [6.45, 7) is 7.51. The standard InChI is InChI=1S/C11H24N2O/c1-4-13-10(7-5-6-8-12)11(14)9(2)3/h9-10,13H,4-8,12H2,1-3H3. The van der Waals surface area contributed by atoms with Gasteiger partial charge in [-0.05, 0) is 25.9 Å². The van der Waals surface area contributed by atoms with Crippen LogP contribution in [0.25, 0.3) is 0 Å². The molecule has 0 amide bonds. The van der Waals surface area contributed by atoms with Gasteiger partial charge in [0.2, 0.25) is 0 Å². The van der Waals surface area contributed by atoms with Crippen LogP contribution in [-0.2, 0) is 4.79 Å². The largest absolute Gasteiger partial charge is 0.330 e. The first kappa shape index (κ1) is 13.6. The molecule has 0 saturated carbocycles. The molecule has 0 heterocycles. The Morgan fingerprint density at radius 2 is 2.00 bits per heavy atom. The molecule has 0 fully saturated rings. The predicted octanol–water partition coefficient (Wildman–Crippen LogP) is 1.32. The highest BCUT2D eigenvalue weighted by Gasteiger charge is 2.19. The maximum Gasteiger partial charge on any atom is 0.152 e. The number of hydrogen-bond acceptors (Lipinski definition) is 3. The lowest BCUT2D eigenvalue weighted by atomic mass is 9.97. The molecule has 0 aromatic rings. The zero-order chi connectivity index (χ0) is 11.0. The molecule has 0 aromatic carbocycles. The summed E-state index contributed by atoms with van der Waals surface area (Å²) in [4.78, 5) is 11.7. The van der Waals surface area contributed by atoms with Crippen LogP contribution in [0.15, 0.2) is 0 Å². The molecule has 0 aliphatic rings. The molecule has 0 aromatic heterocycles. The van der Waals surface area contributed by atoms with Crippen molar-refractivity contribution < 1.29 is 4.79 Å². The average molecular weight is 200 g/mol. The Balaban J connectivity index is 3.94. The van der Waals surface area contributed by atoms with Crippen LogP contribution >= 0.6 is 0 Å². The third kappa shape index (κ3) is 5.35. The Morgan fingerprint density at radius 3 is 2.43 bits per heavy atom. The van der Waals surface area contributed by atoms with Crippen LogP contribution in [0, 0.1) is 5.92 Å². The van der Waals surface area contributed by atoms with Gasteiger partial charge in [-0.1, -0.05) is 27.2 Å². The van der Waals surface area contributed by atoms with Crippen molar-refractivity contribution in [3.05, 3.63) is 0 Å². The minimum atomic E-state index is 0.0338. The quantitative estimate of drug-likeness (QED) is 0.581. The first-order valence-corrected chi connectivity index (χ1v) is 5.60. The monoisotopic (exact) mass is 200 g/mol. The van der Waals surface area contributed by atoms with E-state index in [9.17, 15) is 4.79 Å². The Morgan fingerprint density at radius 1 is 1.36 bits per heavy atom. The van der Waals surface area contributed by atoms with Crippen molar-refractivity contribution in [1.29, 1.82) is 0 Å². The van der Waals surface area contributed by atoms with E-state index >= 15 is 0 Å². The molecule has 3 heteroatoms. The van der Waals surface area contributed by atoms with Gasteiger partial charge in [0, 0.05) is 5.92 Å². The SMILES string of the molecule is CCNC(CCCCN)C(=O)C(C)C. The number of likely N-dealkylation sites (N-methyl/N-ethyl adjacent to an activating group) is 1. The number of Topliss-reactive ketones (excluding diaryl/α,β-unsaturated/α-hetero) is 1. The Labute approximate surface area is 87.4 Å². The summed E-state index contributed by atoms with van der Waals surface area (Å²) in [6, 6.07) is 0.0338. The summed E-state index contributed by atoms with van der Waals surface area (Å²) in [5.74, 6) is 0.445. The summed E-state index contributed by atoms with van der Waals surface area (Å²) in [7, 11) is 0. The Kier molecular flexibility index (Phi) is 7.71. The molecule has 0 bridgehead atoms. The number of hydrogen-bond donors (Lipinski definition) is 2. The number of nitrogens with two attached hydrogens (primary N) is 1. The minimum absolute atomic E-state index is 0.0338. The fourth-order valence-electron chi connectivity index (χ4n) is 1.49. The lowest BCUT2D eigenvalue weighted by Crippen LogP contribution is -2.39. The maximum atomic E-state index is 11.7. The Bertz CT molecular complexity index is 157. The van der Waals surface area contributed by atoms with Crippen LogP contribution in [0.3, 0.4) is 0 Å². The molecule has 1 atom stereocenters. The van der Waals surface area contributed by atoms with Crippen LogP contribution in [0.4, 0.5) is 0 Å². The van der Waals surface area contributed by atoms with E-state index in [1.54, 1.807) is 0 Å². The van der Waals surface area contributed by atoms with Crippen molar-refractivity contribution in [2.24, 2.45) is 11.7 Å². The fourth-order valence-corrected chi connectivity index (χ4v) is 1.49. The van der Waals surface area contributed by atoms with Crippen molar-refractivity contribution in [1.82, 2.24) is 5.32 Å². The molecule has 0 aliphatic carbocycles. The third-order valence-electron chi connectivity index (χ3n) is 2.31. The second kappa shape index (κ2) is 7.94. The molecule has 84 valence electrons. The molecule has 0 spiro atoms. The first-order chi connectivity index (χ1) is 6.63. The minimum Gasteiger partial charge on any atom is -0.330 e. The fraction of sp³-hybridized carbons (Fsp3) is 0.909. The number of ketones is 1. The van der Waals surface area contributed by atoms with Gasteiger partial charge in [-0.15, -0.1) is 0 Å². The summed E-state index contributed by atoms with van der Waals surface area (Å²) < 4.78 is 0. The number of nitrogens with one attached hydrogen (secondary N) is 1. The van der Waals surface area contributed by atoms with E-state index in [0.717, 1.165) is 25.8 Å². The normalized spacial score (nSPS) is 13.2. The van der Waals surface area contributed by atoms with E-state index < -0.39 is 0 Å². The number of carbonyl (C=O) groups is 1. The molecule has 0 rings (SSSR count). The Hall–Kier alpha value is -0.410. The predicted molar refractivity (Wildman–Crippen MR) is 60.2 cm³/mol. The topological polar surface area (TPSA) is 55.1 Å². The van der Waals surface area contributed by atoms with Gasteiger partial charge in [0.15, 0.2) is 5.78 Å². The number of rotatable bonds is 8. The smallest absolute Gasteiger partial charge is 0.152 e. The van der Waals surface area contributed by atoms with Gasteiger partial charge >= 0.3 is 0 Å². The molecule has 3 N–H and O–H groups in total. The highest BCUT2D eigenvalue weighted by atomic mass is 16.1. The van der Waals surface area contributed by atoms with Gasteiger partial charge in [0.05, 0.1) is 6.04 Å². The molecule has 0 aliphatic heterocycles. The average Bonchev–Trinajstić information content (AvgIpc) is 2.15. The van der Waals surface area contributed by atoms with Crippen molar-refractivity contribution in [2.45, 2.75) is 46.1 Å². The van der Waals surface area contributed by atoms with Crippen molar-refractivity contribution in [2.75, 3.05) is 13.1 Å². The molecule has 1 unspecified atom stereocenters. The molecule has 0 radical (unpaired) electrons. The van der Waals surface area contributed by atoms with Gasteiger partial charge in [-0.2, -0.15) is 0 Å². The zero-order valence-electron chi connectivity index (χ0n) is 9.68. The summed E-state index contributed by atoms with van der Waals surface area (Å²) in [6.07, 6.45) is 2.96. The molecule has 3 nitrogen and oxygen atoms in total. The summed E-state index contributed by atoms with van der Waals surface area (Å²) in [5, 5.41) is 3.23. The van der Waals surface area contributed by atoms with E-state index in [4.69, 9.17) is 5.73 Å². The van der Waals surface area contributed by atoms with E-state index in [-0.39, 0.29) is 12.0 Å². The maximum absolute atomic E-state index is 11.7. The highest BCUT2D eigenvalue weighted by Crippen LogP contribution is 2.07. The zero-order valence-corrected chi connectivity index (χ0v) is 9.68. The van der Waals surface area contributed by atoms with Gasteiger partial charge in [0.1, 0.15) is 0 Å². The van der Waals surface area contributed by atoms with Crippen molar-refractivity contribution in [3.8, 4) is 0 Å². The van der Waals surface area contributed by atoms with E-state index in [1.807, 2.05) is 20.8 Å². The number of carbonyl (C=O) groups excluding carboxylic acids is 1. The number of unbranched alkanes of at least 4 members (excludes halogenated alkanes) is 1. The second-order valence-corrected chi connectivity index (χ2v) is 3.95. The van der Waals surface area contributed by atoms with Crippen LogP contribution in [0.2, 0.25) is 0 Å². The van der Waals surface area contributed by atoms with Gasteiger partial charge in [0.25, 0.3) is 0 Å². The van der Waals surface area contributed by atoms with Crippen LogP contribution in [0.1, 0.15) is 40.0 Å².